The van der Waals surface area contributed by atoms with E-state index in [2.05, 4.69) is 5.32 Å². The van der Waals surface area contributed by atoms with Gasteiger partial charge in [0.25, 0.3) is 0 Å². The monoisotopic (exact) mass is 276 g/mol. The lowest BCUT2D eigenvalue weighted by Crippen LogP contribution is -2.29. The van der Waals surface area contributed by atoms with Crippen LogP contribution < -0.4 is 10.2 Å². The maximum absolute atomic E-state index is 11.7. The zero-order valence-electron chi connectivity index (χ0n) is 11.9. The lowest BCUT2D eigenvalue weighted by Gasteiger charge is -2.18. The van der Waals surface area contributed by atoms with Gasteiger partial charge in [-0.15, -0.1) is 0 Å². The molecule has 5 heteroatoms. The van der Waals surface area contributed by atoms with Crippen molar-refractivity contribution in [2.75, 3.05) is 23.9 Å². The van der Waals surface area contributed by atoms with Crippen LogP contribution in [-0.4, -0.2) is 31.6 Å². The third-order valence-corrected chi connectivity index (χ3v) is 3.49. The Balaban J connectivity index is 2.04. The summed E-state index contributed by atoms with van der Waals surface area (Å²) in [7, 11) is 1.38. The number of ether oxygens (including phenoxy) is 1. The van der Waals surface area contributed by atoms with Gasteiger partial charge < -0.3 is 15.0 Å². The number of hydrogen-bond donors (Lipinski definition) is 1. The van der Waals surface area contributed by atoms with E-state index in [1.54, 1.807) is 4.90 Å². The standard InChI is InChI=1S/C15H20N2O3/c1-3-13(15(19)20-2)16-11-6-8-12(9-7-11)17-10-4-5-14(17)18/h6-9,13,16H,3-5,10H2,1-2H3. The van der Waals surface area contributed by atoms with Gasteiger partial charge in [-0.05, 0) is 37.1 Å². The van der Waals surface area contributed by atoms with E-state index in [0.29, 0.717) is 12.8 Å². The zero-order valence-corrected chi connectivity index (χ0v) is 11.9. The molecule has 0 bridgehead atoms. The molecular weight excluding hydrogens is 256 g/mol. The van der Waals surface area contributed by atoms with Crippen LogP contribution in [-0.2, 0) is 14.3 Å². The van der Waals surface area contributed by atoms with Gasteiger partial charge in [0.15, 0.2) is 0 Å². The minimum atomic E-state index is -0.348. The van der Waals surface area contributed by atoms with Crippen molar-refractivity contribution in [1.82, 2.24) is 0 Å². The smallest absolute Gasteiger partial charge is 0.328 e. The first-order chi connectivity index (χ1) is 9.65. The first kappa shape index (κ1) is 14.4. The molecule has 1 heterocycles. The highest BCUT2D eigenvalue weighted by Gasteiger charge is 2.21. The largest absolute Gasteiger partial charge is 0.467 e. The molecule has 1 aromatic carbocycles. The van der Waals surface area contributed by atoms with Crippen LogP contribution in [0.4, 0.5) is 11.4 Å². The van der Waals surface area contributed by atoms with Gasteiger partial charge >= 0.3 is 5.97 Å². The van der Waals surface area contributed by atoms with Crippen molar-refractivity contribution >= 4 is 23.3 Å². The van der Waals surface area contributed by atoms with E-state index in [1.807, 2.05) is 31.2 Å². The molecule has 2 rings (SSSR count). The summed E-state index contributed by atoms with van der Waals surface area (Å²) in [5.41, 5.74) is 1.75. The average Bonchev–Trinajstić information content (AvgIpc) is 2.90. The molecule has 1 amide bonds. The fraction of sp³-hybridized carbons (Fsp3) is 0.467. The second-order valence-electron chi connectivity index (χ2n) is 4.82. The Hall–Kier alpha value is -2.04. The van der Waals surface area contributed by atoms with Crippen LogP contribution in [0.25, 0.3) is 0 Å². The molecule has 1 aliphatic rings. The predicted octanol–water partition coefficient (Wildman–Crippen LogP) is 2.18. The lowest BCUT2D eigenvalue weighted by atomic mass is 10.2. The Bertz CT molecular complexity index is 484. The Kier molecular flexibility index (Phi) is 4.61. The van der Waals surface area contributed by atoms with Crippen LogP contribution in [0, 0.1) is 0 Å². The summed E-state index contributed by atoms with van der Waals surface area (Å²) in [6, 6.07) is 7.21. The van der Waals surface area contributed by atoms with E-state index >= 15 is 0 Å². The number of esters is 1. The van der Waals surface area contributed by atoms with Gasteiger partial charge in [0.2, 0.25) is 5.91 Å². The Morgan fingerprint density at radius 2 is 2.10 bits per heavy atom. The predicted molar refractivity (Wildman–Crippen MR) is 77.7 cm³/mol. The summed E-state index contributed by atoms with van der Waals surface area (Å²) >= 11 is 0. The summed E-state index contributed by atoms with van der Waals surface area (Å²) in [4.78, 5) is 25.0. The maximum Gasteiger partial charge on any atom is 0.328 e. The Labute approximate surface area is 118 Å². The van der Waals surface area contributed by atoms with Crippen LogP contribution in [0.1, 0.15) is 26.2 Å². The number of rotatable bonds is 5. The molecule has 0 aliphatic carbocycles. The van der Waals surface area contributed by atoms with Gasteiger partial charge in [0, 0.05) is 24.3 Å². The van der Waals surface area contributed by atoms with Crippen LogP contribution in [0.5, 0.6) is 0 Å². The third-order valence-electron chi connectivity index (χ3n) is 3.49. The molecule has 5 nitrogen and oxygen atoms in total. The molecule has 1 aromatic rings. The molecule has 1 atom stereocenters. The number of carbonyl (C=O) groups excluding carboxylic acids is 2. The fourth-order valence-electron chi connectivity index (χ4n) is 2.33. The number of anilines is 2. The van der Waals surface area contributed by atoms with Crippen LogP contribution in [0.2, 0.25) is 0 Å². The minimum absolute atomic E-state index is 0.173. The van der Waals surface area contributed by atoms with Gasteiger partial charge in [0.1, 0.15) is 6.04 Å². The first-order valence-electron chi connectivity index (χ1n) is 6.90. The van der Waals surface area contributed by atoms with Crippen LogP contribution in [0.3, 0.4) is 0 Å². The van der Waals surface area contributed by atoms with Gasteiger partial charge in [-0.1, -0.05) is 6.92 Å². The molecule has 20 heavy (non-hydrogen) atoms. The number of amides is 1. The second kappa shape index (κ2) is 6.41. The summed E-state index contributed by atoms with van der Waals surface area (Å²) < 4.78 is 4.74. The fourth-order valence-corrected chi connectivity index (χ4v) is 2.33. The van der Waals surface area contributed by atoms with E-state index < -0.39 is 0 Å². The zero-order chi connectivity index (χ0) is 14.5. The molecule has 1 N–H and O–H groups in total. The van der Waals surface area contributed by atoms with E-state index in [-0.39, 0.29) is 17.9 Å². The number of carbonyl (C=O) groups is 2. The quantitative estimate of drug-likeness (QED) is 0.837. The summed E-state index contributed by atoms with van der Waals surface area (Å²) in [5, 5.41) is 3.13. The molecule has 1 aliphatic heterocycles. The molecular formula is C15H20N2O3. The average molecular weight is 276 g/mol. The normalized spacial score (nSPS) is 16.1. The topological polar surface area (TPSA) is 58.6 Å². The summed E-state index contributed by atoms with van der Waals surface area (Å²) in [6.07, 6.45) is 2.19. The number of methoxy groups -OCH3 is 1. The molecule has 0 saturated carbocycles. The van der Waals surface area contributed by atoms with E-state index in [1.165, 1.54) is 7.11 Å². The first-order valence-corrected chi connectivity index (χ1v) is 6.90. The van der Waals surface area contributed by atoms with Crippen molar-refractivity contribution in [3.8, 4) is 0 Å². The highest BCUT2D eigenvalue weighted by atomic mass is 16.5. The van der Waals surface area contributed by atoms with Crippen molar-refractivity contribution in [1.29, 1.82) is 0 Å². The van der Waals surface area contributed by atoms with Gasteiger partial charge in [0.05, 0.1) is 7.11 Å². The highest BCUT2D eigenvalue weighted by molar-refractivity contribution is 5.95. The van der Waals surface area contributed by atoms with E-state index in [0.717, 1.165) is 24.3 Å². The number of hydrogen-bond acceptors (Lipinski definition) is 4. The Morgan fingerprint density at radius 1 is 1.40 bits per heavy atom. The van der Waals surface area contributed by atoms with Gasteiger partial charge in [-0.3, -0.25) is 4.79 Å². The molecule has 0 spiro atoms. The van der Waals surface area contributed by atoms with Crippen molar-refractivity contribution in [3.05, 3.63) is 24.3 Å². The van der Waals surface area contributed by atoms with Crippen molar-refractivity contribution < 1.29 is 14.3 Å². The summed E-state index contributed by atoms with van der Waals surface area (Å²) in [6.45, 7) is 2.71. The van der Waals surface area contributed by atoms with Crippen LogP contribution >= 0.6 is 0 Å². The summed E-state index contributed by atoms with van der Waals surface area (Å²) in [5.74, 6) is -0.0991. The van der Waals surface area contributed by atoms with Crippen molar-refractivity contribution in [2.24, 2.45) is 0 Å². The van der Waals surface area contributed by atoms with Crippen molar-refractivity contribution in [2.45, 2.75) is 32.2 Å². The molecule has 0 radical (unpaired) electrons. The minimum Gasteiger partial charge on any atom is -0.467 e. The van der Waals surface area contributed by atoms with E-state index in [9.17, 15) is 9.59 Å². The molecule has 108 valence electrons. The SMILES string of the molecule is CCC(Nc1ccc(N2CCCC2=O)cc1)C(=O)OC. The molecule has 1 fully saturated rings. The Morgan fingerprint density at radius 3 is 2.60 bits per heavy atom. The van der Waals surface area contributed by atoms with Gasteiger partial charge in [-0.2, -0.15) is 0 Å². The van der Waals surface area contributed by atoms with E-state index in [4.69, 9.17) is 4.74 Å². The second-order valence-corrected chi connectivity index (χ2v) is 4.82. The molecule has 1 saturated heterocycles. The van der Waals surface area contributed by atoms with Crippen molar-refractivity contribution in [3.63, 3.8) is 0 Å². The molecule has 0 aromatic heterocycles. The maximum atomic E-state index is 11.7. The third kappa shape index (κ3) is 3.10. The highest BCUT2D eigenvalue weighted by Crippen LogP contribution is 2.23. The number of nitrogens with one attached hydrogen (secondary N) is 1. The van der Waals surface area contributed by atoms with Crippen LogP contribution in [0.15, 0.2) is 24.3 Å². The molecule has 1 unspecified atom stereocenters. The number of benzene rings is 1. The number of nitrogens with zero attached hydrogens (tertiary/aromatic N) is 1. The lowest BCUT2D eigenvalue weighted by molar-refractivity contribution is -0.141. The van der Waals surface area contributed by atoms with Gasteiger partial charge in [-0.25, -0.2) is 4.79 Å².